The summed E-state index contributed by atoms with van der Waals surface area (Å²) in [4.78, 5) is 0. The number of benzene rings is 2. The maximum Gasteiger partial charge on any atom is 0.127 e. The number of aryl methyl sites for hydroxylation is 2. The van der Waals surface area contributed by atoms with E-state index in [2.05, 4.69) is 19.9 Å². The Morgan fingerprint density at radius 2 is 1.71 bits per heavy atom. The molecule has 0 spiro atoms. The molecule has 0 saturated carbocycles. The molecule has 0 bridgehead atoms. The highest BCUT2D eigenvalue weighted by Crippen LogP contribution is 2.24. The number of hydrogen-bond acceptors (Lipinski definition) is 1. The summed E-state index contributed by atoms with van der Waals surface area (Å²) in [6, 6.07) is 13.9. The van der Waals surface area contributed by atoms with Gasteiger partial charge in [0.1, 0.15) is 11.5 Å². The van der Waals surface area contributed by atoms with Gasteiger partial charge in [0.2, 0.25) is 0 Å². The van der Waals surface area contributed by atoms with Gasteiger partial charge in [-0.1, -0.05) is 18.2 Å². The number of ether oxygens (including phenoxy) is 1. The van der Waals surface area contributed by atoms with Gasteiger partial charge in [0, 0.05) is 5.88 Å². The third-order valence-corrected chi connectivity index (χ3v) is 3.08. The van der Waals surface area contributed by atoms with Crippen molar-refractivity contribution in [1.82, 2.24) is 0 Å². The van der Waals surface area contributed by atoms with E-state index in [1.165, 1.54) is 11.1 Å². The lowest BCUT2D eigenvalue weighted by molar-refractivity contribution is 0.481. The van der Waals surface area contributed by atoms with Crippen LogP contribution >= 0.6 is 11.6 Å². The predicted molar refractivity (Wildman–Crippen MR) is 72.0 cm³/mol. The van der Waals surface area contributed by atoms with Crippen LogP contribution in [0, 0.1) is 13.8 Å². The molecule has 0 aliphatic carbocycles. The first-order valence-corrected chi connectivity index (χ1v) is 6.12. The van der Waals surface area contributed by atoms with Crippen molar-refractivity contribution in [3.63, 3.8) is 0 Å². The SMILES string of the molecule is Cc1ccc(Oc2cccc(CCl)c2)cc1C. The standard InChI is InChI=1S/C15H15ClO/c1-11-6-7-15(8-12(11)2)17-14-5-3-4-13(9-14)10-16/h3-9H,10H2,1-2H3. The van der Waals surface area contributed by atoms with Gasteiger partial charge in [-0.2, -0.15) is 0 Å². The molecule has 0 atom stereocenters. The Balaban J connectivity index is 2.22. The fraction of sp³-hybridized carbons (Fsp3) is 0.200. The van der Waals surface area contributed by atoms with Crippen molar-refractivity contribution in [3.05, 3.63) is 59.2 Å². The minimum atomic E-state index is 0.504. The van der Waals surface area contributed by atoms with Gasteiger partial charge < -0.3 is 4.74 Å². The highest BCUT2D eigenvalue weighted by atomic mass is 35.5. The van der Waals surface area contributed by atoms with E-state index in [1.807, 2.05) is 36.4 Å². The molecule has 0 fully saturated rings. The summed E-state index contributed by atoms with van der Waals surface area (Å²) in [5, 5.41) is 0. The largest absolute Gasteiger partial charge is 0.457 e. The molecule has 2 heteroatoms. The van der Waals surface area contributed by atoms with Crippen LogP contribution in [0.5, 0.6) is 11.5 Å². The Kier molecular flexibility index (Phi) is 3.70. The van der Waals surface area contributed by atoms with Crippen molar-refractivity contribution < 1.29 is 4.74 Å². The average Bonchev–Trinajstić information content (AvgIpc) is 2.34. The Morgan fingerprint density at radius 1 is 0.941 bits per heavy atom. The van der Waals surface area contributed by atoms with Crippen molar-refractivity contribution in [2.24, 2.45) is 0 Å². The monoisotopic (exact) mass is 246 g/mol. The molecule has 0 heterocycles. The predicted octanol–water partition coefficient (Wildman–Crippen LogP) is 4.83. The minimum Gasteiger partial charge on any atom is -0.457 e. The molecule has 1 nitrogen and oxygen atoms in total. The molecule has 2 aromatic carbocycles. The van der Waals surface area contributed by atoms with Crippen molar-refractivity contribution in [1.29, 1.82) is 0 Å². The van der Waals surface area contributed by atoms with E-state index < -0.39 is 0 Å². The Labute approximate surface area is 107 Å². The van der Waals surface area contributed by atoms with Gasteiger partial charge in [-0.15, -0.1) is 11.6 Å². The highest BCUT2D eigenvalue weighted by Gasteiger charge is 2.00. The number of halogens is 1. The molecule has 17 heavy (non-hydrogen) atoms. The molecule has 2 aromatic rings. The maximum absolute atomic E-state index is 5.80. The number of alkyl halides is 1. The second kappa shape index (κ2) is 5.24. The van der Waals surface area contributed by atoms with Gasteiger partial charge >= 0.3 is 0 Å². The van der Waals surface area contributed by atoms with Crippen molar-refractivity contribution in [2.45, 2.75) is 19.7 Å². The molecule has 0 unspecified atom stereocenters. The van der Waals surface area contributed by atoms with Crippen LogP contribution in [0.1, 0.15) is 16.7 Å². The molecule has 0 aromatic heterocycles. The van der Waals surface area contributed by atoms with E-state index in [9.17, 15) is 0 Å². The summed E-state index contributed by atoms with van der Waals surface area (Å²) in [7, 11) is 0. The zero-order chi connectivity index (χ0) is 12.3. The summed E-state index contributed by atoms with van der Waals surface area (Å²) in [5.41, 5.74) is 3.57. The summed E-state index contributed by atoms with van der Waals surface area (Å²) < 4.78 is 5.80. The lowest BCUT2D eigenvalue weighted by Gasteiger charge is -2.08. The Bertz CT molecular complexity index is 520. The quantitative estimate of drug-likeness (QED) is 0.705. The molecule has 88 valence electrons. The van der Waals surface area contributed by atoms with E-state index in [4.69, 9.17) is 16.3 Å². The fourth-order valence-corrected chi connectivity index (χ4v) is 1.77. The van der Waals surface area contributed by atoms with Crippen LogP contribution in [-0.2, 0) is 5.88 Å². The van der Waals surface area contributed by atoms with E-state index in [-0.39, 0.29) is 0 Å². The lowest BCUT2D eigenvalue weighted by atomic mass is 10.1. The van der Waals surface area contributed by atoms with Crippen LogP contribution in [0.2, 0.25) is 0 Å². The van der Waals surface area contributed by atoms with Crippen LogP contribution in [0.15, 0.2) is 42.5 Å². The first-order valence-electron chi connectivity index (χ1n) is 5.59. The minimum absolute atomic E-state index is 0.504. The zero-order valence-corrected chi connectivity index (χ0v) is 10.8. The van der Waals surface area contributed by atoms with Crippen molar-refractivity contribution in [3.8, 4) is 11.5 Å². The van der Waals surface area contributed by atoms with Gasteiger partial charge in [0.25, 0.3) is 0 Å². The van der Waals surface area contributed by atoms with Crippen molar-refractivity contribution >= 4 is 11.6 Å². The molecule has 0 amide bonds. The molecule has 0 aliphatic rings. The molecule has 0 radical (unpaired) electrons. The molecular formula is C15H15ClO. The molecular weight excluding hydrogens is 232 g/mol. The van der Waals surface area contributed by atoms with Crippen LogP contribution in [0.4, 0.5) is 0 Å². The van der Waals surface area contributed by atoms with Crippen LogP contribution in [-0.4, -0.2) is 0 Å². The van der Waals surface area contributed by atoms with E-state index >= 15 is 0 Å². The molecule has 0 aliphatic heterocycles. The fourth-order valence-electron chi connectivity index (χ4n) is 1.61. The van der Waals surface area contributed by atoms with Gasteiger partial charge in [0.05, 0.1) is 0 Å². The lowest BCUT2D eigenvalue weighted by Crippen LogP contribution is -1.88. The van der Waals surface area contributed by atoms with Crippen LogP contribution in [0.25, 0.3) is 0 Å². The van der Waals surface area contributed by atoms with Gasteiger partial charge in [-0.25, -0.2) is 0 Å². The summed E-state index contributed by atoms with van der Waals surface area (Å²) in [6.07, 6.45) is 0. The normalized spacial score (nSPS) is 10.3. The second-order valence-corrected chi connectivity index (χ2v) is 4.40. The zero-order valence-electron chi connectivity index (χ0n) is 10.0. The van der Waals surface area contributed by atoms with Crippen molar-refractivity contribution in [2.75, 3.05) is 0 Å². The van der Waals surface area contributed by atoms with E-state index in [0.717, 1.165) is 17.1 Å². The Hall–Kier alpha value is -1.47. The smallest absolute Gasteiger partial charge is 0.127 e. The summed E-state index contributed by atoms with van der Waals surface area (Å²) in [5.74, 6) is 2.19. The first kappa shape index (κ1) is 12.0. The van der Waals surface area contributed by atoms with Crippen LogP contribution in [0.3, 0.4) is 0 Å². The average molecular weight is 247 g/mol. The maximum atomic E-state index is 5.80. The topological polar surface area (TPSA) is 9.23 Å². The second-order valence-electron chi connectivity index (χ2n) is 4.13. The Morgan fingerprint density at radius 3 is 2.41 bits per heavy atom. The first-order chi connectivity index (χ1) is 8.19. The van der Waals surface area contributed by atoms with E-state index in [0.29, 0.717) is 5.88 Å². The summed E-state index contributed by atoms with van der Waals surface area (Å²) >= 11 is 5.79. The highest BCUT2D eigenvalue weighted by molar-refractivity contribution is 6.17. The third-order valence-electron chi connectivity index (χ3n) is 2.77. The number of hydrogen-bond donors (Lipinski definition) is 0. The third kappa shape index (κ3) is 3.01. The molecule has 2 rings (SSSR count). The van der Waals surface area contributed by atoms with Gasteiger partial charge in [-0.3, -0.25) is 0 Å². The van der Waals surface area contributed by atoms with Gasteiger partial charge in [-0.05, 0) is 54.8 Å². The molecule has 0 saturated heterocycles. The van der Waals surface area contributed by atoms with Crippen LogP contribution < -0.4 is 4.74 Å². The number of rotatable bonds is 3. The summed E-state index contributed by atoms with van der Waals surface area (Å²) in [6.45, 7) is 4.17. The molecule has 0 N–H and O–H groups in total. The van der Waals surface area contributed by atoms with Gasteiger partial charge in [0.15, 0.2) is 0 Å². The van der Waals surface area contributed by atoms with E-state index in [1.54, 1.807) is 0 Å².